The predicted octanol–water partition coefficient (Wildman–Crippen LogP) is 4.39. The van der Waals surface area contributed by atoms with Crippen LogP contribution in [0.25, 0.3) is 11.4 Å². The second-order valence-corrected chi connectivity index (χ2v) is 6.78. The minimum absolute atomic E-state index is 0.0507. The van der Waals surface area contributed by atoms with Crippen molar-refractivity contribution >= 4 is 35.0 Å². The molecule has 0 bridgehead atoms. The molecule has 0 saturated carbocycles. The SMILES string of the molecule is CCn1c(SCC(=O)Nc2cc(Cl)ccc2F)nnc1-c1ccoc1C. The van der Waals surface area contributed by atoms with Gasteiger partial charge >= 0.3 is 0 Å². The molecule has 136 valence electrons. The number of carbonyl (C=O) groups excluding carboxylic acids is 1. The van der Waals surface area contributed by atoms with Crippen LogP contribution >= 0.6 is 23.4 Å². The molecule has 0 aliphatic carbocycles. The molecular weight excluding hydrogens is 379 g/mol. The van der Waals surface area contributed by atoms with E-state index in [0.29, 0.717) is 22.5 Å². The molecule has 0 spiro atoms. The van der Waals surface area contributed by atoms with Crippen molar-refractivity contribution in [2.75, 3.05) is 11.1 Å². The third-order valence-electron chi connectivity index (χ3n) is 3.67. The van der Waals surface area contributed by atoms with E-state index in [2.05, 4.69) is 15.5 Å². The Kier molecular flexibility index (Phi) is 5.63. The van der Waals surface area contributed by atoms with E-state index in [9.17, 15) is 9.18 Å². The largest absolute Gasteiger partial charge is 0.469 e. The summed E-state index contributed by atoms with van der Waals surface area (Å²) in [6.45, 7) is 4.46. The lowest BCUT2D eigenvalue weighted by molar-refractivity contribution is -0.113. The van der Waals surface area contributed by atoms with E-state index in [-0.39, 0.29) is 17.3 Å². The van der Waals surface area contributed by atoms with Crippen molar-refractivity contribution in [3.8, 4) is 11.4 Å². The summed E-state index contributed by atoms with van der Waals surface area (Å²) in [7, 11) is 0. The Balaban J connectivity index is 1.70. The van der Waals surface area contributed by atoms with Gasteiger partial charge in [-0.25, -0.2) is 4.39 Å². The van der Waals surface area contributed by atoms with Crippen LogP contribution in [-0.2, 0) is 11.3 Å². The van der Waals surface area contributed by atoms with Gasteiger partial charge in [0.05, 0.1) is 23.3 Å². The lowest BCUT2D eigenvalue weighted by Gasteiger charge is -2.08. The lowest BCUT2D eigenvalue weighted by Crippen LogP contribution is -2.15. The summed E-state index contributed by atoms with van der Waals surface area (Å²) < 4.78 is 20.9. The highest BCUT2D eigenvalue weighted by molar-refractivity contribution is 7.99. The van der Waals surface area contributed by atoms with Crippen LogP contribution in [0.2, 0.25) is 5.02 Å². The number of thioether (sulfide) groups is 1. The van der Waals surface area contributed by atoms with Gasteiger partial charge in [0.1, 0.15) is 11.6 Å². The molecule has 0 unspecified atom stereocenters. The maximum Gasteiger partial charge on any atom is 0.234 e. The predicted molar refractivity (Wildman–Crippen MR) is 98.9 cm³/mol. The van der Waals surface area contributed by atoms with Crippen LogP contribution in [0.15, 0.2) is 40.1 Å². The molecule has 2 heterocycles. The fraction of sp³-hybridized carbons (Fsp3) is 0.235. The van der Waals surface area contributed by atoms with E-state index in [0.717, 1.165) is 11.3 Å². The molecule has 26 heavy (non-hydrogen) atoms. The monoisotopic (exact) mass is 394 g/mol. The Morgan fingerprint density at radius 3 is 2.88 bits per heavy atom. The number of rotatable bonds is 6. The van der Waals surface area contributed by atoms with E-state index < -0.39 is 5.82 Å². The first kappa shape index (κ1) is 18.5. The van der Waals surface area contributed by atoms with Crippen molar-refractivity contribution in [3.63, 3.8) is 0 Å². The van der Waals surface area contributed by atoms with Crippen molar-refractivity contribution in [3.05, 3.63) is 47.1 Å². The number of anilines is 1. The molecule has 2 aromatic heterocycles. The van der Waals surface area contributed by atoms with E-state index in [1.165, 1.54) is 30.0 Å². The van der Waals surface area contributed by atoms with Crippen LogP contribution in [0.4, 0.5) is 10.1 Å². The van der Waals surface area contributed by atoms with Gasteiger partial charge in [-0.15, -0.1) is 10.2 Å². The molecule has 3 aromatic rings. The molecule has 3 rings (SSSR count). The number of hydrogen-bond donors (Lipinski definition) is 1. The zero-order chi connectivity index (χ0) is 18.7. The normalized spacial score (nSPS) is 10.9. The number of aryl methyl sites for hydroxylation is 1. The van der Waals surface area contributed by atoms with Gasteiger partial charge in [-0.3, -0.25) is 4.79 Å². The van der Waals surface area contributed by atoms with E-state index in [4.69, 9.17) is 16.0 Å². The van der Waals surface area contributed by atoms with Crippen molar-refractivity contribution < 1.29 is 13.6 Å². The Bertz CT molecular complexity index is 941. The summed E-state index contributed by atoms with van der Waals surface area (Å²) in [5.74, 6) is 0.597. The molecule has 0 atom stereocenters. The second kappa shape index (κ2) is 7.92. The Morgan fingerprint density at radius 2 is 2.19 bits per heavy atom. The zero-order valence-electron chi connectivity index (χ0n) is 14.1. The smallest absolute Gasteiger partial charge is 0.234 e. The summed E-state index contributed by atoms with van der Waals surface area (Å²) in [5, 5.41) is 11.8. The number of benzene rings is 1. The number of nitrogens with one attached hydrogen (secondary N) is 1. The Hall–Kier alpha value is -2.32. The van der Waals surface area contributed by atoms with Gasteiger partial charge in [0, 0.05) is 11.6 Å². The minimum Gasteiger partial charge on any atom is -0.469 e. The summed E-state index contributed by atoms with van der Waals surface area (Å²) in [5.41, 5.74) is 0.909. The number of aromatic nitrogens is 3. The van der Waals surface area contributed by atoms with Gasteiger partial charge in [0.25, 0.3) is 0 Å². The average Bonchev–Trinajstić information content (AvgIpc) is 3.21. The quantitative estimate of drug-likeness (QED) is 0.628. The topological polar surface area (TPSA) is 73.0 Å². The highest BCUT2D eigenvalue weighted by Crippen LogP contribution is 2.27. The van der Waals surface area contributed by atoms with Gasteiger partial charge < -0.3 is 14.3 Å². The standard InChI is InChI=1S/C17H16ClFN4O2S/c1-3-23-16(12-6-7-25-10(12)2)21-22-17(23)26-9-15(24)20-14-8-11(18)4-5-13(14)19/h4-8H,3,9H2,1-2H3,(H,20,24). The highest BCUT2D eigenvalue weighted by atomic mass is 35.5. The molecule has 0 aliphatic heterocycles. The van der Waals surface area contributed by atoms with Crippen LogP contribution in [0.5, 0.6) is 0 Å². The van der Waals surface area contributed by atoms with Crippen LogP contribution in [0, 0.1) is 12.7 Å². The highest BCUT2D eigenvalue weighted by Gasteiger charge is 2.17. The maximum absolute atomic E-state index is 13.7. The lowest BCUT2D eigenvalue weighted by atomic mass is 10.2. The first-order valence-electron chi connectivity index (χ1n) is 7.85. The molecule has 9 heteroatoms. The third-order valence-corrected chi connectivity index (χ3v) is 4.87. The van der Waals surface area contributed by atoms with E-state index in [1.54, 1.807) is 6.26 Å². The molecule has 1 aromatic carbocycles. The number of halogens is 2. The molecule has 0 fully saturated rings. The Labute approximate surface area is 158 Å². The van der Waals surface area contributed by atoms with Gasteiger partial charge in [-0.2, -0.15) is 0 Å². The summed E-state index contributed by atoms with van der Waals surface area (Å²) in [6, 6.07) is 5.82. The van der Waals surface area contributed by atoms with Crippen molar-refractivity contribution in [2.24, 2.45) is 0 Å². The van der Waals surface area contributed by atoms with Crippen molar-refractivity contribution in [1.29, 1.82) is 0 Å². The van der Waals surface area contributed by atoms with Crippen molar-refractivity contribution in [2.45, 2.75) is 25.5 Å². The van der Waals surface area contributed by atoms with E-state index in [1.807, 2.05) is 24.5 Å². The minimum atomic E-state index is -0.540. The second-order valence-electron chi connectivity index (χ2n) is 5.40. The molecule has 0 saturated heterocycles. The van der Waals surface area contributed by atoms with Gasteiger partial charge in [0.2, 0.25) is 5.91 Å². The Morgan fingerprint density at radius 1 is 1.38 bits per heavy atom. The summed E-state index contributed by atoms with van der Waals surface area (Å²) in [6.07, 6.45) is 1.60. The molecular formula is C17H16ClFN4O2S. The molecule has 1 amide bonds. The number of nitrogens with zero attached hydrogens (tertiary/aromatic N) is 3. The number of furan rings is 1. The molecule has 0 aliphatic rings. The van der Waals surface area contributed by atoms with Crippen LogP contribution < -0.4 is 5.32 Å². The number of carbonyl (C=O) groups is 1. The molecule has 1 N–H and O–H groups in total. The molecule has 6 nitrogen and oxygen atoms in total. The first-order chi connectivity index (χ1) is 12.5. The maximum atomic E-state index is 13.7. The van der Waals surface area contributed by atoms with Gasteiger partial charge in [0.15, 0.2) is 11.0 Å². The van der Waals surface area contributed by atoms with Crippen LogP contribution in [0.1, 0.15) is 12.7 Å². The van der Waals surface area contributed by atoms with Gasteiger partial charge in [-0.1, -0.05) is 23.4 Å². The summed E-state index contributed by atoms with van der Waals surface area (Å²) in [4.78, 5) is 12.1. The van der Waals surface area contributed by atoms with Crippen molar-refractivity contribution in [1.82, 2.24) is 14.8 Å². The van der Waals surface area contributed by atoms with E-state index >= 15 is 0 Å². The first-order valence-corrected chi connectivity index (χ1v) is 9.21. The fourth-order valence-electron chi connectivity index (χ4n) is 2.41. The zero-order valence-corrected chi connectivity index (χ0v) is 15.7. The summed E-state index contributed by atoms with van der Waals surface area (Å²) >= 11 is 7.05. The number of hydrogen-bond acceptors (Lipinski definition) is 5. The fourth-order valence-corrected chi connectivity index (χ4v) is 3.38. The van der Waals surface area contributed by atoms with Crippen LogP contribution in [-0.4, -0.2) is 26.4 Å². The number of amides is 1. The van der Waals surface area contributed by atoms with Gasteiger partial charge in [-0.05, 0) is 38.1 Å². The third kappa shape index (κ3) is 3.91. The van der Waals surface area contributed by atoms with Crippen LogP contribution in [0.3, 0.4) is 0 Å². The molecule has 0 radical (unpaired) electrons. The average molecular weight is 395 g/mol.